The monoisotopic (exact) mass is 240 g/mol. The number of benzene rings is 1. The summed E-state index contributed by atoms with van der Waals surface area (Å²) in [6.45, 7) is 2.12. The van der Waals surface area contributed by atoms with Gasteiger partial charge < -0.3 is 5.32 Å². The number of hydrogen-bond donors (Lipinski definition) is 1. The maximum atomic E-state index is 12.6. The van der Waals surface area contributed by atoms with Crippen LogP contribution in [0.3, 0.4) is 0 Å². The molecule has 0 unspecified atom stereocenters. The number of alkyl halides is 1. The molecule has 1 rings (SSSR count). The fourth-order valence-corrected chi connectivity index (χ4v) is 1.06. The van der Waals surface area contributed by atoms with Crippen LogP contribution in [-0.2, 0) is 4.79 Å². The van der Waals surface area contributed by atoms with Crippen LogP contribution in [0.25, 0.3) is 0 Å². The molecule has 1 aromatic rings. The van der Waals surface area contributed by atoms with Crippen molar-refractivity contribution in [1.29, 1.82) is 0 Å². The van der Waals surface area contributed by atoms with Gasteiger partial charge in [-0.1, -0.05) is 6.07 Å². The van der Waals surface area contributed by atoms with Gasteiger partial charge in [0.15, 0.2) is 0 Å². The molecule has 0 aromatic heterocycles. The van der Waals surface area contributed by atoms with Crippen molar-refractivity contribution in [3.63, 3.8) is 0 Å². The third kappa shape index (κ3) is 3.24. The largest absolute Gasteiger partial charge is 0.325 e. The van der Waals surface area contributed by atoms with Gasteiger partial charge in [0.05, 0.1) is 10.3 Å². The molecule has 6 heteroatoms. The normalized spacial score (nSPS) is 11.0. The molecule has 0 atom stereocenters. The zero-order chi connectivity index (χ0) is 13.1. The summed E-state index contributed by atoms with van der Waals surface area (Å²) < 4.78 is 12.6. The Labute approximate surface area is 97.8 Å². The number of nitro groups is 1. The van der Waals surface area contributed by atoms with Crippen LogP contribution in [0.1, 0.15) is 13.8 Å². The lowest BCUT2D eigenvalue weighted by Gasteiger charge is -2.19. The summed E-state index contributed by atoms with van der Waals surface area (Å²) in [6.07, 6.45) is 0. The Morgan fingerprint density at radius 1 is 1.53 bits per heavy atom. The molecule has 0 saturated heterocycles. The Morgan fingerprint density at radius 3 is 2.71 bits per heavy atom. The number of hydrogen-bond acceptors (Lipinski definition) is 3. The van der Waals surface area contributed by atoms with Gasteiger partial charge in [0, 0.05) is 17.8 Å². The van der Waals surface area contributed by atoms with Crippen molar-refractivity contribution >= 4 is 17.3 Å². The number of nitro benzene ring substituents is 1. The molecule has 0 bridgehead atoms. The molecule has 0 aliphatic rings. The van der Waals surface area contributed by atoms with E-state index in [4.69, 9.17) is 0 Å². The van der Waals surface area contributed by atoms with Gasteiger partial charge in [0.1, 0.15) is 6.67 Å². The second-order valence-electron chi connectivity index (χ2n) is 4.28. The molecule has 0 heterocycles. The van der Waals surface area contributed by atoms with E-state index in [2.05, 4.69) is 5.32 Å². The number of anilines is 1. The molecular weight excluding hydrogens is 227 g/mol. The Bertz CT molecular complexity index is 446. The van der Waals surface area contributed by atoms with E-state index in [0.717, 1.165) is 0 Å². The standard InChI is InChI=1S/C11H13FN2O3/c1-11(2,7-12)10(15)13-8-4-3-5-9(6-8)14(16)17/h3-6H,7H2,1-2H3,(H,13,15). The van der Waals surface area contributed by atoms with Gasteiger partial charge in [-0.2, -0.15) is 0 Å². The highest BCUT2D eigenvalue weighted by molar-refractivity contribution is 5.95. The van der Waals surface area contributed by atoms with Crippen molar-refractivity contribution in [3.8, 4) is 0 Å². The Kier molecular flexibility index (Phi) is 3.77. The van der Waals surface area contributed by atoms with E-state index in [0.29, 0.717) is 0 Å². The molecule has 0 radical (unpaired) electrons. The summed E-state index contributed by atoms with van der Waals surface area (Å²) >= 11 is 0. The molecule has 5 nitrogen and oxygen atoms in total. The van der Waals surface area contributed by atoms with Crippen LogP contribution in [-0.4, -0.2) is 17.5 Å². The fourth-order valence-electron chi connectivity index (χ4n) is 1.06. The van der Waals surface area contributed by atoms with E-state index in [-0.39, 0.29) is 11.4 Å². The highest BCUT2D eigenvalue weighted by atomic mass is 19.1. The zero-order valence-corrected chi connectivity index (χ0v) is 9.57. The van der Waals surface area contributed by atoms with Crippen LogP contribution in [0.5, 0.6) is 0 Å². The number of rotatable bonds is 4. The third-order valence-corrected chi connectivity index (χ3v) is 2.26. The number of carbonyl (C=O) groups is 1. The van der Waals surface area contributed by atoms with Crippen LogP contribution in [0.4, 0.5) is 15.8 Å². The topological polar surface area (TPSA) is 72.2 Å². The number of non-ortho nitro benzene ring substituents is 1. The first-order valence-electron chi connectivity index (χ1n) is 4.99. The molecule has 1 amide bonds. The van der Waals surface area contributed by atoms with Gasteiger partial charge >= 0.3 is 0 Å². The van der Waals surface area contributed by atoms with Crippen molar-refractivity contribution in [1.82, 2.24) is 0 Å². The average Bonchev–Trinajstić information content (AvgIpc) is 2.29. The lowest BCUT2D eigenvalue weighted by Crippen LogP contribution is -2.32. The van der Waals surface area contributed by atoms with Crippen molar-refractivity contribution in [2.75, 3.05) is 12.0 Å². The van der Waals surface area contributed by atoms with Gasteiger partial charge in [-0.05, 0) is 19.9 Å². The van der Waals surface area contributed by atoms with Crippen LogP contribution < -0.4 is 5.32 Å². The Hall–Kier alpha value is -1.98. The average molecular weight is 240 g/mol. The second-order valence-corrected chi connectivity index (χ2v) is 4.28. The number of halogens is 1. The van der Waals surface area contributed by atoms with E-state index in [1.165, 1.54) is 38.1 Å². The Balaban J connectivity index is 2.86. The van der Waals surface area contributed by atoms with Gasteiger partial charge in [-0.3, -0.25) is 14.9 Å². The van der Waals surface area contributed by atoms with E-state index < -0.39 is 22.9 Å². The molecular formula is C11H13FN2O3. The SMILES string of the molecule is CC(C)(CF)C(=O)Nc1cccc([N+](=O)[O-])c1. The first-order valence-corrected chi connectivity index (χ1v) is 4.99. The fraction of sp³-hybridized carbons (Fsp3) is 0.364. The maximum Gasteiger partial charge on any atom is 0.271 e. The number of nitrogens with zero attached hydrogens (tertiary/aromatic N) is 1. The van der Waals surface area contributed by atoms with Crippen molar-refractivity contribution < 1.29 is 14.1 Å². The minimum absolute atomic E-state index is 0.124. The second kappa shape index (κ2) is 4.90. The highest BCUT2D eigenvalue weighted by Crippen LogP contribution is 2.21. The quantitative estimate of drug-likeness (QED) is 0.649. The molecule has 0 aliphatic carbocycles. The van der Waals surface area contributed by atoms with Gasteiger partial charge in [-0.15, -0.1) is 0 Å². The first-order chi connectivity index (χ1) is 7.86. The van der Waals surface area contributed by atoms with E-state index in [1.807, 2.05) is 0 Å². The maximum absolute atomic E-state index is 12.6. The number of nitrogens with one attached hydrogen (secondary N) is 1. The van der Waals surface area contributed by atoms with Crippen LogP contribution in [0, 0.1) is 15.5 Å². The molecule has 0 fully saturated rings. The summed E-state index contributed by atoms with van der Waals surface area (Å²) in [7, 11) is 0. The predicted octanol–water partition coefficient (Wildman–Crippen LogP) is 2.53. The lowest BCUT2D eigenvalue weighted by atomic mass is 9.94. The predicted molar refractivity (Wildman–Crippen MR) is 61.5 cm³/mol. The lowest BCUT2D eigenvalue weighted by molar-refractivity contribution is -0.384. The van der Waals surface area contributed by atoms with Crippen molar-refractivity contribution in [2.45, 2.75) is 13.8 Å². The van der Waals surface area contributed by atoms with Gasteiger partial charge in [-0.25, -0.2) is 4.39 Å². The van der Waals surface area contributed by atoms with E-state index in [9.17, 15) is 19.3 Å². The number of carbonyl (C=O) groups excluding carboxylic acids is 1. The molecule has 0 saturated carbocycles. The van der Waals surface area contributed by atoms with E-state index >= 15 is 0 Å². The molecule has 92 valence electrons. The van der Waals surface area contributed by atoms with Crippen LogP contribution in [0.15, 0.2) is 24.3 Å². The molecule has 0 aliphatic heterocycles. The van der Waals surface area contributed by atoms with Crippen LogP contribution in [0.2, 0.25) is 0 Å². The number of amides is 1. The smallest absolute Gasteiger partial charge is 0.271 e. The van der Waals surface area contributed by atoms with Gasteiger partial charge in [0.25, 0.3) is 5.69 Å². The summed E-state index contributed by atoms with van der Waals surface area (Å²) in [6, 6.07) is 5.51. The van der Waals surface area contributed by atoms with Crippen molar-refractivity contribution in [2.24, 2.45) is 5.41 Å². The van der Waals surface area contributed by atoms with Crippen LogP contribution >= 0.6 is 0 Å². The molecule has 17 heavy (non-hydrogen) atoms. The zero-order valence-electron chi connectivity index (χ0n) is 9.57. The summed E-state index contributed by atoms with van der Waals surface area (Å²) in [4.78, 5) is 21.6. The summed E-state index contributed by atoms with van der Waals surface area (Å²) in [5.41, 5.74) is -0.989. The van der Waals surface area contributed by atoms with Crippen molar-refractivity contribution in [3.05, 3.63) is 34.4 Å². The first kappa shape index (κ1) is 13.1. The molecule has 1 aromatic carbocycles. The Morgan fingerprint density at radius 2 is 2.18 bits per heavy atom. The van der Waals surface area contributed by atoms with Gasteiger partial charge in [0.2, 0.25) is 5.91 Å². The van der Waals surface area contributed by atoms with E-state index in [1.54, 1.807) is 0 Å². The summed E-state index contributed by atoms with van der Waals surface area (Å²) in [5.74, 6) is -0.513. The minimum Gasteiger partial charge on any atom is -0.325 e. The highest BCUT2D eigenvalue weighted by Gasteiger charge is 2.27. The third-order valence-electron chi connectivity index (χ3n) is 2.26. The summed E-state index contributed by atoms with van der Waals surface area (Å²) in [5, 5.41) is 13.0. The molecule has 0 spiro atoms. The minimum atomic E-state index is -1.15. The molecule has 1 N–H and O–H groups in total.